The predicted octanol–water partition coefficient (Wildman–Crippen LogP) is 2.77. The molecule has 1 aromatic rings. The van der Waals surface area contributed by atoms with Crippen molar-refractivity contribution in [1.82, 2.24) is 5.32 Å². The number of amides is 1. The van der Waals surface area contributed by atoms with Gasteiger partial charge in [-0.15, -0.1) is 0 Å². The Kier molecular flexibility index (Phi) is 5.98. The Balaban J connectivity index is 1.84. The largest absolute Gasteiger partial charge is 0.396 e. The average molecular weight is 304 g/mol. The van der Waals surface area contributed by atoms with E-state index in [1.165, 1.54) is 18.4 Å². The molecular formula is C18H28N2O2. The maximum absolute atomic E-state index is 12.2. The summed E-state index contributed by atoms with van der Waals surface area (Å²) in [6, 6.07) is 6.40. The van der Waals surface area contributed by atoms with E-state index in [1.807, 2.05) is 39.0 Å². The highest BCUT2D eigenvalue weighted by Gasteiger charge is 2.31. The second-order valence-corrected chi connectivity index (χ2v) is 6.52. The van der Waals surface area contributed by atoms with Gasteiger partial charge in [-0.3, -0.25) is 4.79 Å². The Morgan fingerprint density at radius 2 is 2.09 bits per heavy atom. The second-order valence-electron chi connectivity index (χ2n) is 6.52. The quantitative estimate of drug-likeness (QED) is 0.692. The van der Waals surface area contributed by atoms with Gasteiger partial charge in [-0.25, -0.2) is 0 Å². The van der Waals surface area contributed by atoms with Crippen LogP contribution in [0.2, 0.25) is 0 Å². The highest BCUT2D eigenvalue weighted by molar-refractivity contribution is 5.92. The van der Waals surface area contributed by atoms with Gasteiger partial charge in [0.05, 0.1) is 0 Å². The normalized spacial score (nSPS) is 17.1. The summed E-state index contributed by atoms with van der Waals surface area (Å²) in [6.45, 7) is 6.31. The van der Waals surface area contributed by atoms with Crippen molar-refractivity contribution in [2.24, 2.45) is 5.92 Å². The monoisotopic (exact) mass is 304 g/mol. The third-order valence-corrected chi connectivity index (χ3v) is 4.50. The lowest BCUT2D eigenvalue weighted by Crippen LogP contribution is -2.40. The van der Waals surface area contributed by atoms with Gasteiger partial charge < -0.3 is 15.7 Å². The first-order valence-corrected chi connectivity index (χ1v) is 8.24. The van der Waals surface area contributed by atoms with E-state index in [9.17, 15) is 4.79 Å². The zero-order chi connectivity index (χ0) is 16.1. The number of aliphatic hydroxyl groups is 1. The van der Waals surface area contributed by atoms with Gasteiger partial charge in [-0.05, 0) is 63.1 Å². The molecule has 0 bridgehead atoms. The van der Waals surface area contributed by atoms with Gasteiger partial charge in [0.15, 0.2) is 0 Å². The van der Waals surface area contributed by atoms with Crippen molar-refractivity contribution in [2.45, 2.75) is 58.5 Å². The molecule has 1 fully saturated rings. The van der Waals surface area contributed by atoms with Gasteiger partial charge in [0.2, 0.25) is 5.91 Å². The van der Waals surface area contributed by atoms with Crippen LogP contribution in [-0.2, 0) is 4.79 Å². The van der Waals surface area contributed by atoms with Crippen LogP contribution < -0.4 is 10.6 Å². The number of anilines is 1. The number of nitrogens with one attached hydrogen (secondary N) is 2. The molecule has 1 saturated carbocycles. The maximum atomic E-state index is 12.2. The summed E-state index contributed by atoms with van der Waals surface area (Å²) >= 11 is 0. The van der Waals surface area contributed by atoms with Crippen LogP contribution >= 0.6 is 0 Å². The van der Waals surface area contributed by atoms with E-state index in [1.54, 1.807) is 0 Å². The number of rotatable bonds is 8. The summed E-state index contributed by atoms with van der Waals surface area (Å²) in [4.78, 5) is 12.2. The van der Waals surface area contributed by atoms with Crippen LogP contribution in [0, 0.1) is 19.8 Å². The maximum Gasteiger partial charge on any atom is 0.225 e. The van der Waals surface area contributed by atoms with E-state index in [0.29, 0.717) is 18.4 Å². The molecule has 1 aliphatic carbocycles. The lowest BCUT2D eigenvalue weighted by molar-refractivity contribution is -0.116. The van der Waals surface area contributed by atoms with Gasteiger partial charge >= 0.3 is 0 Å². The van der Waals surface area contributed by atoms with Crippen molar-refractivity contribution in [3.63, 3.8) is 0 Å². The van der Waals surface area contributed by atoms with E-state index in [0.717, 1.165) is 17.7 Å². The molecule has 0 aliphatic heterocycles. The minimum atomic E-state index is 0.0345. The highest BCUT2D eigenvalue weighted by Crippen LogP contribution is 2.34. The van der Waals surface area contributed by atoms with E-state index in [4.69, 9.17) is 5.11 Å². The third kappa shape index (κ3) is 4.82. The first-order chi connectivity index (χ1) is 10.5. The number of aliphatic hydroxyl groups excluding tert-OH is 1. The highest BCUT2D eigenvalue weighted by atomic mass is 16.3. The van der Waals surface area contributed by atoms with Crippen LogP contribution in [0.4, 0.5) is 5.69 Å². The average Bonchev–Trinajstić information content (AvgIpc) is 3.28. The van der Waals surface area contributed by atoms with Gasteiger partial charge in [-0.1, -0.05) is 12.1 Å². The summed E-state index contributed by atoms with van der Waals surface area (Å²) < 4.78 is 0. The molecule has 2 rings (SSSR count). The number of hydrogen-bond donors (Lipinski definition) is 3. The van der Waals surface area contributed by atoms with Crippen LogP contribution in [0.5, 0.6) is 0 Å². The van der Waals surface area contributed by atoms with Crippen molar-refractivity contribution in [2.75, 3.05) is 11.9 Å². The molecular weight excluding hydrogens is 276 g/mol. The third-order valence-electron chi connectivity index (χ3n) is 4.50. The topological polar surface area (TPSA) is 61.4 Å². The fourth-order valence-corrected chi connectivity index (χ4v) is 2.88. The van der Waals surface area contributed by atoms with E-state index in [-0.39, 0.29) is 18.6 Å². The molecule has 0 radical (unpaired) electrons. The molecule has 1 aromatic carbocycles. The minimum absolute atomic E-state index is 0.0345. The molecule has 122 valence electrons. The Bertz CT molecular complexity index is 512. The SMILES string of the molecule is Cc1cccc(NC(=O)CC(C)NC(CCO)C2CC2)c1C. The first-order valence-electron chi connectivity index (χ1n) is 8.24. The van der Waals surface area contributed by atoms with Gasteiger partial charge in [0.1, 0.15) is 0 Å². The summed E-state index contributed by atoms with van der Waals surface area (Å²) in [5.74, 6) is 0.712. The molecule has 1 amide bonds. The van der Waals surface area contributed by atoms with Crippen molar-refractivity contribution in [3.8, 4) is 0 Å². The molecule has 0 spiro atoms. The van der Waals surface area contributed by atoms with Crippen LogP contribution in [0.1, 0.15) is 43.7 Å². The van der Waals surface area contributed by atoms with Crippen molar-refractivity contribution in [3.05, 3.63) is 29.3 Å². The second kappa shape index (κ2) is 7.75. The van der Waals surface area contributed by atoms with E-state index in [2.05, 4.69) is 10.6 Å². The van der Waals surface area contributed by atoms with E-state index < -0.39 is 0 Å². The Morgan fingerprint density at radius 3 is 2.73 bits per heavy atom. The first kappa shape index (κ1) is 17.0. The zero-order valence-corrected chi connectivity index (χ0v) is 13.9. The molecule has 4 nitrogen and oxygen atoms in total. The number of aryl methyl sites for hydroxylation is 1. The summed E-state index contributed by atoms with van der Waals surface area (Å²) in [5, 5.41) is 15.6. The summed E-state index contributed by atoms with van der Waals surface area (Å²) in [5.41, 5.74) is 3.19. The molecule has 3 N–H and O–H groups in total. The fourth-order valence-electron chi connectivity index (χ4n) is 2.88. The predicted molar refractivity (Wildman–Crippen MR) is 90.0 cm³/mol. The lowest BCUT2D eigenvalue weighted by atomic mass is 10.1. The number of hydrogen-bond acceptors (Lipinski definition) is 3. The van der Waals surface area contributed by atoms with Gasteiger partial charge in [-0.2, -0.15) is 0 Å². The van der Waals surface area contributed by atoms with Crippen LogP contribution in [0.15, 0.2) is 18.2 Å². The van der Waals surface area contributed by atoms with Crippen molar-refractivity contribution >= 4 is 11.6 Å². The Hall–Kier alpha value is -1.39. The molecule has 22 heavy (non-hydrogen) atoms. The standard InChI is InChI=1S/C18H28N2O2/c1-12-5-4-6-16(14(12)3)20-18(22)11-13(2)19-17(9-10-21)15-7-8-15/h4-6,13,15,17,19,21H,7-11H2,1-3H3,(H,20,22). The number of carbonyl (C=O) groups excluding carboxylic acids is 1. The smallest absolute Gasteiger partial charge is 0.225 e. The molecule has 0 aromatic heterocycles. The number of carbonyl (C=O) groups is 1. The molecule has 0 heterocycles. The molecule has 2 atom stereocenters. The lowest BCUT2D eigenvalue weighted by Gasteiger charge is -2.22. The van der Waals surface area contributed by atoms with Crippen LogP contribution in [0.3, 0.4) is 0 Å². The van der Waals surface area contributed by atoms with Crippen LogP contribution in [-0.4, -0.2) is 29.7 Å². The molecule has 1 aliphatic rings. The molecule has 0 saturated heterocycles. The van der Waals surface area contributed by atoms with Gasteiger partial charge in [0, 0.05) is 30.8 Å². The molecule has 2 unspecified atom stereocenters. The van der Waals surface area contributed by atoms with Crippen molar-refractivity contribution in [1.29, 1.82) is 0 Å². The summed E-state index contributed by atoms with van der Waals surface area (Å²) in [7, 11) is 0. The minimum Gasteiger partial charge on any atom is -0.396 e. The fraction of sp³-hybridized carbons (Fsp3) is 0.611. The van der Waals surface area contributed by atoms with E-state index >= 15 is 0 Å². The Labute approximate surface area is 133 Å². The van der Waals surface area contributed by atoms with Gasteiger partial charge in [0.25, 0.3) is 0 Å². The number of benzene rings is 1. The zero-order valence-electron chi connectivity index (χ0n) is 13.9. The molecule has 4 heteroatoms. The van der Waals surface area contributed by atoms with Crippen molar-refractivity contribution < 1.29 is 9.90 Å². The summed E-state index contributed by atoms with van der Waals surface area (Å²) in [6.07, 6.45) is 3.69. The Morgan fingerprint density at radius 1 is 1.36 bits per heavy atom. The van der Waals surface area contributed by atoms with Crippen LogP contribution in [0.25, 0.3) is 0 Å².